The maximum atomic E-state index is 13.6. The molecule has 0 bridgehead atoms. The number of aryl methyl sites for hydroxylation is 1. The molecule has 3 rings (SSSR count). The van der Waals surface area contributed by atoms with E-state index in [1.807, 2.05) is 0 Å². The number of ether oxygens (including phenoxy) is 1. The van der Waals surface area contributed by atoms with Crippen LogP contribution in [0.1, 0.15) is 28.8 Å². The molecule has 0 aliphatic carbocycles. The molecule has 0 spiro atoms. The molecule has 2 heterocycles. The van der Waals surface area contributed by atoms with Gasteiger partial charge in [0.05, 0.1) is 19.6 Å². The summed E-state index contributed by atoms with van der Waals surface area (Å²) in [5.41, 5.74) is -2.20. The first-order chi connectivity index (χ1) is 13.1. The Morgan fingerprint density at radius 1 is 1.39 bits per heavy atom. The van der Waals surface area contributed by atoms with E-state index < -0.39 is 35.2 Å². The van der Waals surface area contributed by atoms with Gasteiger partial charge < -0.3 is 14.7 Å². The number of halogens is 4. The second kappa shape index (κ2) is 7.98. The molecule has 1 saturated heterocycles. The lowest BCUT2D eigenvalue weighted by Gasteiger charge is -2.36. The Morgan fingerprint density at radius 3 is 2.64 bits per heavy atom. The maximum absolute atomic E-state index is 13.6. The van der Waals surface area contributed by atoms with Gasteiger partial charge in [-0.05, 0) is 24.6 Å². The molecule has 1 amide bonds. The Morgan fingerprint density at radius 2 is 2.07 bits per heavy atom. The lowest BCUT2D eigenvalue weighted by atomic mass is 9.98. The van der Waals surface area contributed by atoms with Gasteiger partial charge in [-0.25, -0.2) is 4.98 Å². The predicted molar refractivity (Wildman–Crippen MR) is 98.1 cm³/mol. The van der Waals surface area contributed by atoms with Crippen molar-refractivity contribution in [1.82, 2.24) is 9.88 Å². The van der Waals surface area contributed by atoms with E-state index in [2.05, 4.69) is 4.98 Å². The first-order valence-electron chi connectivity index (χ1n) is 8.47. The minimum Gasteiger partial charge on any atom is -0.374 e. The smallest absolute Gasteiger partial charge is 0.374 e. The fraction of sp³-hybridized carbons (Fsp3) is 0.444. The highest BCUT2D eigenvalue weighted by molar-refractivity contribution is 7.09. The largest absolute Gasteiger partial charge is 0.424 e. The van der Waals surface area contributed by atoms with Crippen molar-refractivity contribution >= 4 is 28.8 Å². The molecule has 1 aromatic heterocycles. The van der Waals surface area contributed by atoms with Crippen molar-refractivity contribution in [3.8, 4) is 0 Å². The zero-order valence-electron chi connectivity index (χ0n) is 14.9. The molecule has 0 unspecified atom stereocenters. The Hall–Kier alpha value is -1.68. The Kier molecular flexibility index (Phi) is 6.00. The molecule has 152 valence electrons. The maximum Gasteiger partial charge on any atom is 0.424 e. The van der Waals surface area contributed by atoms with Gasteiger partial charge in [-0.2, -0.15) is 13.2 Å². The predicted octanol–water partition coefficient (Wildman–Crippen LogP) is 3.85. The van der Waals surface area contributed by atoms with E-state index in [1.54, 1.807) is 24.3 Å². The molecule has 2 atom stereocenters. The molecule has 0 saturated carbocycles. The number of aromatic nitrogens is 1. The van der Waals surface area contributed by atoms with Crippen LogP contribution in [0.3, 0.4) is 0 Å². The minimum absolute atomic E-state index is 0.0886. The first kappa shape index (κ1) is 21.0. The minimum atomic E-state index is -5.03. The molecule has 1 fully saturated rings. The number of alkyl halides is 3. The number of rotatable bonds is 4. The van der Waals surface area contributed by atoms with E-state index in [-0.39, 0.29) is 19.7 Å². The van der Waals surface area contributed by atoms with Gasteiger partial charge in [-0.3, -0.25) is 4.79 Å². The van der Waals surface area contributed by atoms with Crippen molar-refractivity contribution in [2.75, 3.05) is 19.7 Å². The van der Waals surface area contributed by atoms with Crippen molar-refractivity contribution in [2.45, 2.75) is 31.2 Å². The van der Waals surface area contributed by atoms with E-state index >= 15 is 0 Å². The molecular formula is C18H18ClF3N2O3S. The zero-order chi connectivity index (χ0) is 20.5. The van der Waals surface area contributed by atoms with Crippen molar-refractivity contribution in [2.24, 2.45) is 0 Å². The molecule has 0 radical (unpaired) electrons. The average molecular weight is 435 g/mol. The number of carbonyl (C=O) groups is 1. The second-order valence-corrected chi connectivity index (χ2v) is 7.87. The lowest BCUT2D eigenvalue weighted by molar-refractivity contribution is -0.268. The van der Waals surface area contributed by atoms with Crippen molar-refractivity contribution in [1.29, 1.82) is 0 Å². The molecule has 28 heavy (non-hydrogen) atoms. The van der Waals surface area contributed by atoms with E-state index in [0.29, 0.717) is 22.1 Å². The Bertz CT molecular complexity index is 843. The summed E-state index contributed by atoms with van der Waals surface area (Å²) in [6.45, 7) is 1.94. The lowest BCUT2D eigenvalue weighted by Crippen LogP contribution is -2.49. The summed E-state index contributed by atoms with van der Waals surface area (Å²) in [6.07, 6.45) is -6.64. The van der Waals surface area contributed by atoms with Crippen molar-refractivity contribution in [3.05, 3.63) is 50.9 Å². The highest BCUT2D eigenvalue weighted by Crippen LogP contribution is 2.43. The number of aliphatic hydroxyl groups is 1. The van der Waals surface area contributed by atoms with Crippen LogP contribution in [0.25, 0.3) is 0 Å². The number of morpholine rings is 1. The summed E-state index contributed by atoms with van der Waals surface area (Å²) >= 11 is 6.54. The second-order valence-electron chi connectivity index (χ2n) is 6.58. The van der Waals surface area contributed by atoms with Gasteiger partial charge in [0.25, 0.3) is 0 Å². The average Bonchev–Trinajstić information content (AvgIpc) is 3.08. The van der Waals surface area contributed by atoms with Crippen LogP contribution >= 0.6 is 22.9 Å². The number of thiazole rings is 1. The van der Waals surface area contributed by atoms with Gasteiger partial charge in [-0.1, -0.05) is 23.7 Å². The molecule has 5 nitrogen and oxygen atoms in total. The molecule has 10 heteroatoms. The molecule has 1 N–H and O–H groups in total. The standard InChI is InChI=1S/C18H18ClF3N2O3S/c1-11-10-28-16(23-11)17(26,18(20,21)22)8-15(25)24-6-7-27-14(9-24)12-2-4-13(19)5-3-12/h2-5,10,14,26H,6-9H2,1H3/t14-,17+/m1/s1. The summed E-state index contributed by atoms with van der Waals surface area (Å²) in [5, 5.41) is 11.8. The molecule has 1 aliphatic heterocycles. The highest BCUT2D eigenvalue weighted by atomic mass is 35.5. The van der Waals surface area contributed by atoms with Gasteiger partial charge in [0.1, 0.15) is 11.1 Å². The number of hydrogen-bond acceptors (Lipinski definition) is 5. The quantitative estimate of drug-likeness (QED) is 0.794. The Balaban J connectivity index is 1.77. The Labute approximate surface area is 168 Å². The monoisotopic (exact) mass is 434 g/mol. The number of amides is 1. The van der Waals surface area contributed by atoms with E-state index in [1.165, 1.54) is 17.2 Å². The summed E-state index contributed by atoms with van der Waals surface area (Å²) < 4.78 is 46.5. The van der Waals surface area contributed by atoms with Crippen molar-refractivity contribution in [3.63, 3.8) is 0 Å². The van der Waals surface area contributed by atoms with Gasteiger partial charge in [0.15, 0.2) is 0 Å². The fourth-order valence-corrected chi connectivity index (χ4v) is 3.97. The van der Waals surface area contributed by atoms with Crippen LogP contribution in [-0.4, -0.2) is 46.8 Å². The van der Waals surface area contributed by atoms with Crippen LogP contribution in [0.4, 0.5) is 13.2 Å². The van der Waals surface area contributed by atoms with Gasteiger partial charge in [0, 0.05) is 22.6 Å². The molecule has 1 aromatic carbocycles. The summed E-state index contributed by atoms with van der Waals surface area (Å²) in [6, 6.07) is 6.83. The SMILES string of the molecule is Cc1csc([C@@](O)(CC(=O)N2CCO[C@@H](c3ccc(Cl)cc3)C2)C(F)(F)F)n1. The van der Waals surface area contributed by atoms with E-state index in [4.69, 9.17) is 16.3 Å². The normalized spacial score (nSPS) is 20.1. The van der Waals surface area contributed by atoms with E-state index in [0.717, 1.165) is 5.56 Å². The van der Waals surface area contributed by atoms with Gasteiger partial charge in [0.2, 0.25) is 11.5 Å². The summed E-state index contributed by atoms with van der Waals surface area (Å²) in [5.74, 6) is -0.810. The van der Waals surface area contributed by atoms with Crippen LogP contribution in [0.15, 0.2) is 29.6 Å². The summed E-state index contributed by atoms with van der Waals surface area (Å²) in [7, 11) is 0. The van der Waals surface area contributed by atoms with Crippen LogP contribution in [0.2, 0.25) is 5.02 Å². The fourth-order valence-electron chi connectivity index (χ4n) is 2.93. The number of nitrogens with zero attached hydrogens (tertiary/aromatic N) is 2. The topological polar surface area (TPSA) is 62.7 Å². The van der Waals surface area contributed by atoms with Gasteiger partial charge in [-0.15, -0.1) is 11.3 Å². The third-order valence-corrected chi connectivity index (χ3v) is 5.87. The van der Waals surface area contributed by atoms with Crippen LogP contribution < -0.4 is 0 Å². The molecular weight excluding hydrogens is 417 g/mol. The summed E-state index contributed by atoms with van der Waals surface area (Å²) in [4.78, 5) is 17.7. The highest BCUT2D eigenvalue weighted by Gasteiger charge is 2.58. The molecule has 2 aromatic rings. The number of hydrogen-bond donors (Lipinski definition) is 1. The van der Waals surface area contributed by atoms with Crippen molar-refractivity contribution < 1.29 is 27.8 Å². The van der Waals surface area contributed by atoms with Crippen LogP contribution in [0.5, 0.6) is 0 Å². The third-order valence-electron chi connectivity index (χ3n) is 4.51. The number of benzene rings is 1. The van der Waals surface area contributed by atoms with Crippen LogP contribution in [-0.2, 0) is 15.1 Å². The van der Waals surface area contributed by atoms with Crippen LogP contribution in [0, 0.1) is 6.92 Å². The molecule has 1 aliphatic rings. The zero-order valence-corrected chi connectivity index (χ0v) is 16.4. The van der Waals surface area contributed by atoms with Gasteiger partial charge >= 0.3 is 6.18 Å². The third kappa shape index (κ3) is 4.32. The van der Waals surface area contributed by atoms with E-state index in [9.17, 15) is 23.1 Å². The first-order valence-corrected chi connectivity index (χ1v) is 9.72. The number of carbonyl (C=O) groups excluding carboxylic acids is 1.